The van der Waals surface area contributed by atoms with E-state index in [0.717, 1.165) is 12.3 Å². The molecule has 0 amide bonds. The lowest BCUT2D eigenvalue weighted by atomic mass is 10.3. The lowest BCUT2D eigenvalue weighted by molar-refractivity contribution is -0.139. The number of aliphatic carboxylic acids is 1. The molecule has 1 rings (SSSR count). The average molecular weight is 261 g/mol. The summed E-state index contributed by atoms with van der Waals surface area (Å²) >= 11 is 0. The van der Waals surface area contributed by atoms with Crippen LogP contribution in [0, 0.1) is 0 Å². The Balaban J connectivity index is 3.00. The summed E-state index contributed by atoms with van der Waals surface area (Å²) in [6.07, 6.45) is 2.27. The van der Waals surface area contributed by atoms with E-state index in [1.54, 1.807) is 0 Å². The molecule has 1 heterocycles. The van der Waals surface area contributed by atoms with Crippen LogP contribution >= 0.6 is 0 Å². The molecule has 0 aliphatic heterocycles. The number of sulfonamides is 1. The van der Waals surface area contributed by atoms with Crippen molar-refractivity contribution in [2.45, 2.75) is 10.9 Å². The molecule has 1 aromatic rings. The second-order valence-corrected chi connectivity index (χ2v) is 4.86. The third-order valence-electron chi connectivity index (χ3n) is 1.82. The summed E-state index contributed by atoms with van der Waals surface area (Å²) in [6.45, 7) is -0.857. The van der Waals surface area contributed by atoms with E-state index in [0.29, 0.717) is 0 Å². The molecule has 9 heteroatoms. The molecular formula is C8H11N3O5S. The number of nitrogens with two attached hydrogens (primary N) is 1. The zero-order valence-corrected chi connectivity index (χ0v) is 9.38. The van der Waals surface area contributed by atoms with E-state index in [1.807, 2.05) is 4.72 Å². The van der Waals surface area contributed by atoms with E-state index < -0.39 is 28.6 Å². The Morgan fingerprint density at radius 1 is 1.53 bits per heavy atom. The van der Waals surface area contributed by atoms with Crippen LogP contribution in [-0.2, 0) is 14.8 Å². The van der Waals surface area contributed by atoms with E-state index in [4.69, 9.17) is 15.9 Å². The largest absolute Gasteiger partial charge is 0.480 e. The minimum Gasteiger partial charge on any atom is -0.480 e. The van der Waals surface area contributed by atoms with Crippen molar-refractivity contribution >= 4 is 21.7 Å². The molecule has 8 nitrogen and oxygen atoms in total. The highest BCUT2D eigenvalue weighted by atomic mass is 32.2. The number of carboxylic acid groups (broad SMARTS) is 1. The smallest absolute Gasteiger partial charge is 0.324 e. The highest BCUT2D eigenvalue weighted by Crippen LogP contribution is 2.11. The fraction of sp³-hybridized carbons (Fsp3) is 0.250. The highest BCUT2D eigenvalue weighted by Gasteiger charge is 2.24. The molecule has 1 atom stereocenters. The van der Waals surface area contributed by atoms with E-state index in [-0.39, 0.29) is 10.6 Å². The summed E-state index contributed by atoms with van der Waals surface area (Å²) < 4.78 is 25.2. The molecule has 0 saturated carbocycles. The van der Waals surface area contributed by atoms with Gasteiger partial charge in [0.25, 0.3) is 0 Å². The second kappa shape index (κ2) is 5.08. The summed E-state index contributed by atoms with van der Waals surface area (Å²) in [5, 5.41) is 17.3. The Hall–Kier alpha value is -1.71. The molecule has 0 aliphatic carbocycles. The van der Waals surface area contributed by atoms with Gasteiger partial charge in [0.1, 0.15) is 10.9 Å². The van der Waals surface area contributed by atoms with Gasteiger partial charge in [0, 0.05) is 12.4 Å². The Morgan fingerprint density at radius 2 is 2.18 bits per heavy atom. The van der Waals surface area contributed by atoms with Gasteiger partial charge >= 0.3 is 5.97 Å². The van der Waals surface area contributed by atoms with Gasteiger partial charge in [-0.3, -0.25) is 9.78 Å². The molecule has 17 heavy (non-hydrogen) atoms. The Kier molecular flexibility index (Phi) is 3.99. The van der Waals surface area contributed by atoms with Crippen LogP contribution in [0.5, 0.6) is 0 Å². The monoisotopic (exact) mass is 261 g/mol. The minimum absolute atomic E-state index is 0.128. The fourth-order valence-electron chi connectivity index (χ4n) is 1.00. The molecule has 0 spiro atoms. The minimum atomic E-state index is -4.07. The number of anilines is 1. The van der Waals surface area contributed by atoms with Crippen LogP contribution in [-0.4, -0.2) is 42.2 Å². The SMILES string of the molecule is Nc1cncc(S(=O)(=O)NC(CO)C(=O)O)c1. The first-order chi connectivity index (χ1) is 7.86. The molecule has 0 aromatic carbocycles. The number of carbonyl (C=O) groups is 1. The molecule has 0 saturated heterocycles. The van der Waals surface area contributed by atoms with Crippen LogP contribution in [0.3, 0.4) is 0 Å². The van der Waals surface area contributed by atoms with Crippen LogP contribution in [0.2, 0.25) is 0 Å². The van der Waals surface area contributed by atoms with Crippen molar-refractivity contribution < 1.29 is 23.4 Å². The number of rotatable bonds is 5. The zero-order chi connectivity index (χ0) is 13.1. The molecule has 5 N–H and O–H groups in total. The third kappa shape index (κ3) is 3.37. The number of carboxylic acids is 1. The van der Waals surface area contributed by atoms with Crippen LogP contribution in [0.15, 0.2) is 23.4 Å². The molecule has 0 fully saturated rings. The van der Waals surface area contributed by atoms with Gasteiger partial charge in [-0.2, -0.15) is 4.72 Å². The molecular weight excluding hydrogens is 250 g/mol. The number of hydrogen-bond donors (Lipinski definition) is 4. The molecule has 0 bridgehead atoms. The van der Waals surface area contributed by atoms with E-state index in [2.05, 4.69) is 4.98 Å². The summed E-state index contributed by atoms with van der Waals surface area (Å²) in [7, 11) is -4.07. The Bertz CT molecular complexity index is 516. The quantitative estimate of drug-likeness (QED) is 0.499. The number of aliphatic hydroxyl groups excluding tert-OH is 1. The summed E-state index contributed by atoms with van der Waals surface area (Å²) in [5.41, 5.74) is 5.49. The predicted octanol–water partition coefficient (Wildman–Crippen LogP) is -1.61. The molecule has 1 aromatic heterocycles. The van der Waals surface area contributed by atoms with Crippen molar-refractivity contribution in [1.82, 2.24) is 9.71 Å². The number of aliphatic hydroxyl groups is 1. The van der Waals surface area contributed by atoms with Gasteiger partial charge in [-0.25, -0.2) is 8.42 Å². The number of hydrogen-bond acceptors (Lipinski definition) is 6. The number of pyridine rings is 1. The Labute approximate surface area is 97.1 Å². The van der Waals surface area contributed by atoms with Crippen molar-refractivity contribution in [2.24, 2.45) is 0 Å². The van der Waals surface area contributed by atoms with Gasteiger partial charge in [0.05, 0.1) is 12.3 Å². The van der Waals surface area contributed by atoms with Crippen molar-refractivity contribution in [3.63, 3.8) is 0 Å². The predicted molar refractivity (Wildman–Crippen MR) is 57.5 cm³/mol. The summed E-state index contributed by atoms with van der Waals surface area (Å²) in [6, 6.07) is -0.479. The van der Waals surface area contributed by atoms with Crippen molar-refractivity contribution in [3.8, 4) is 0 Å². The number of nitrogen functional groups attached to an aromatic ring is 1. The number of nitrogens with zero attached hydrogens (tertiary/aromatic N) is 1. The summed E-state index contributed by atoms with van der Waals surface area (Å²) in [4.78, 5) is 13.9. The lowest BCUT2D eigenvalue weighted by Crippen LogP contribution is -2.43. The topological polar surface area (TPSA) is 143 Å². The highest BCUT2D eigenvalue weighted by molar-refractivity contribution is 7.89. The maximum Gasteiger partial charge on any atom is 0.324 e. The Morgan fingerprint density at radius 3 is 2.65 bits per heavy atom. The van der Waals surface area contributed by atoms with E-state index in [1.165, 1.54) is 6.20 Å². The number of nitrogens with one attached hydrogen (secondary N) is 1. The lowest BCUT2D eigenvalue weighted by Gasteiger charge is -2.12. The second-order valence-electron chi connectivity index (χ2n) is 3.15. The maximum absolute atomic E-state index is 11.7. The molecule has 0 aliphatic rings. The molecule has 1 unspecified atom stereocenters. The van der Waals surface area contributed by atoms with Gasteiger partial charge in [-0.05, 0) is 6.07 Å². The third-order valence-corrected chi connectivity index (χ3v) is 3.26. The first-order valence-electron chi connectivity index (χ1n) is 4.43. The molecule has 0 radical (unpaired) electrons. The first kappa shape index (κ1) is 13.4. The maximum atomic E-state index is 11.7. The molecule has 94 valence electrons. The van der Waals surface area contributed by atoms with Gasteiger partial charge in [0.15, 0.2) is 0 Å². The van der Waals surface area contributed by atoms with E-state index in [9.17, 15) is 13.2 Å². The van der Waals surface area contributed by atoms with Gasteiger partial charge in [-0.15, -0.1) is 0 Å². The average Bonchev–Trinajstić information content (AvgIpc) is 2.25. The fourth-order valence-corrected chi connectivity index (χ4v) is 2.18. The normalized spacial score (nSPS) is 13.2. The van der Waals surface area contributed by atoms with Gasteiger partial charge in [0.2, 0.25) is 10.0 Å². The number of aromatic nitrogens is 1. The van der Waals surface area contributed by atoms with Crippen LogP contribution in [0.25, 0.3) is 0 Å². The standard InChI is InChI=1S/C8H11N3O5S/c9-5-1-6(3-10-2-5)17(15,16)11-7(4-12)8(13)14/h1-3,7,11-12H,4,9H2,(H,13,14). The van der Waals surface area contributed by atoms with Crippen LogP contribution in [0.4, 0.5) is 5.69 Å². The van der Waals surface area contributed by atoms with E-state index >= 15 is 0 Å². The van der Waals surface area contributed by atoms with Gasteiger partial charge in [-0.1, -0.05) is 0 Å². The van der Waals surface area contributed by atoms with Crippen LogP contribution in [0.1, 0.15) is 0 Å². The zero-order valence-electron chi connectivity index (χ0n) is 8.57. The van der Waals surface area contributed by atoms with Crippen LogP contribution < -0.4 is 10.5 Å². The van der Waals surface area contributed by atoms with Crippen molar-refractivity contribution in [3.05, 3.63) is 18.5 Å². The summed E-state index contributed by atoms with van der Waals surface area (Å²) in [5.74, 6) is -1.48. The first-order valence-corrected chi connectivity index (χ1v) is 5.91. The van der Waals surface area contributed by atoms with Gasteiger partial charge < -0.3 is 15.9 Å². The van der Waals surface area contributed by atoms with Crippen molar-refractivity contribution in [2.75, 3.05) is 12.3 Å². The van der Waals surface area contributed by atoms with Crippen molar-refractivity contribution in [1.29, 1.82) is 0 Å².